The van der Waals surface area contributed by atoms with E-state index >= 15 is 0 Å². The van der Waals surface area contributed by atoms with Gasteiger partial charge in [0.25, 0.3) is 0 Å². The summed E-state index contributed by atoms with van der Waals surface area (Å²) >= 11 is 0. The molecule has 1 aromatic carbocycles. The van der Waals surface area contributed by atoms with Crippen LogP contribution in [-0.4, -0.2) is 30.2 Å². The van der Waals surface area contributed by atoms with Crippen LogP contribution in [0.3, 0.4) is 0 Å². The van der Waals surface area contributed by atoms with Crippen molar-refractivity contribution in [2.24, 2.45) is 0 Å². The fourth-order valence-corrected chi connectivity index (χ4v) is 2.21. The Morgan fingerprint density at radius 3 is 2.52 bits per heavy atom. The first-order valence-corrected chi connectivity index (χ1v) is 7.21. The van der Waals surface area contributed by atoms with Gasteiger partial charge in [0, 0.05) is 19.6 Å². The van der Waals surface area contributed by atoms with Crippen LogP contribution in [0.4, 0.5) is 11.6 Å². The smallest absolute Gasteiger partial charge is 0.204 e. The fraction of sp³-hybridized carbons (Fsp3) is 0.375. The van der Waals surface area contributed by atoms with E-state index in [1.165, 1.54) is 5.56 Å². The van der Waals surface area contributed by atoms with E-state index < -0.39 is 0 Å². The number of rotatable bonds is 7. The van der Waals surface area contributed by atoms with Crippen LogP contribution >= 0.6 is 0 Å². The molecule has 5 heteroatoms. The molecule has 0 fully saturated rings. The quantitative estimate of drug-likeness (QED) is 0.848. The molecular weight excluding hydrogens is 264 g/mol. The van der Waals surface area contributed by atoms with Crippen molar-refractivity contribution in [2.45, 2.75) is 20.4 Å². The number of ether oxygens (including phenoxy) is 1. The molecule has 0 saturated carbocycles. The largest absolute Gasteiger partial charge is 0.490 e. The molecule has 0 aliphatic carbocycles. The van der Waals surface area contributed by atoms with Gasteiger partial charge < -0.3 is 15.0 Å². The second kappa shape index (κ2) is 7.47. The third-order valence-corrected chi connectivity index (χ3v) is 3.23. The Morgan fingerprint density at radius 2 is 1.90 bits per heavy atom. The van der Waals surface area contributed by atoms with E-state index in [9.17, 15) is 0 Å². The summed E-state index contributed by atoms with van der Waals surface area (Å²) in [6.45, 7) is 6.56. The minimum Gasteiger partial charge on any atom is -0.490 e. The van der Waals surface area contributed by atoms with Crippen LogP contribution in [0.15, 0.2) is 36.7 Å². The minimum absolute atomic E-state index is 0.692. The number of benzene rings is 1. The fourth-order valence-electron chi connectivity index (χ4n) is 2.21. The molecule has 5 nitrogen and oxygen atoms in total. The number of nitrogens with one attached hydrogen (secondary N) is 1. The summed E-state index contributed by atoms with van der Waals surface area (Å²) in [5.74, 6) is 2.24. The molecule has 1 aromatic heterocycles. The molecule has 1 N–H and O–H groups in total. The Kier molecular flexibility index (Phi) is 5.37. The first kappa shape index (κ1) is 15.1. The molecule has 0 amide bonds. The first-order valence-electron chi connectivity index (χ1n) is 7.21. The summed E-state index contributed by atoms with van der Waals surface area (Å²) in [6.07, 6.45) is 1.57. The zero-order valence-corrected chi connectivity index (χ0v) is 12.8. The van der Waals surface area contributed by atoms with Crippen LogP contribution in [0.2, 0.25) is 0 Å². The predicted octanol–water partition coefficient (Wildman–Crippen LogP) is 2.94. The van der Waals surface area contributed by atoms with Crippen LogP contribution in [0.25, 0.3) is 0 Å². The molecule has 0 saturated heterocycles. The average Bonchev–Trinajstić information content (AvgIpc) is 2.54. The summed E-state index contributed by atoms with van der Waals surface area (Å²) in [7, 11) is 1.65. The summed E-state index contributed by atoms with van der Waals surface area (Å²) < 4.78 is 5.52. The van der Waals surface area contributed by atoms with Crippen molar-refractivity contribution in [1.82, 2.24) is 9.97 Å². The van der Waals surface area contributed by atoms with E-state index in [4.69, 9.17) is 4.74 Å². The Morgan fingerprint density at radius 1 is 1.14 bits per heavy atom. The van der Waals surface area contributed by atoms with Crippen molar-refractivity contribution in [1.29, 1.82) is 0 Å². The van der Waals surface area contributed by atoms with Gasteiger partial charge in [-0.2, -0.15) is 0 Å². The zero-order chi connectivity index (χ0) is 15.1. The molecular formula is C16H22N4O. The van der Waals surface area contributed by atoms with Crippen molar-refractivity contribution in [3.63, 3.8) is 0 Å². The van der Waals surface area contributed by atoms with E-state index in [-0.39, 0.29) is 0 Å². The summed E-state index contributed by atoms with van der Waals surface area (Å²) in [5, 5.41) is 3.21. The lowest BCUT2D eigenvalue weighted by atomic mass is 10.2. The molecule has 0 spiro atoms. The summed E-state index contributed by atoms with van der Waals surface area (Å²) in [5.41, 5.74) is 1.24. The summed E-state index contributed by atoms with van der Waals surface area (Å²) in [4.78, 5) is 10.8. The van der Waals surface area contributed by atoms with E-state index in [0.29, 0.717) is 5.75 Å². The highest BCUT2D eigenvalue weighted by Crippen LogP contribution is 2.32. The first-order chi connectivity index (χ1) is 10.3. The van der Waals surface area contributed by atoms with E-state index in [2.05, 4.69) is 39.2 Å². The van der Waals surface area contributed by atoms with E-state index in [0.717, 1.165) is 31.3 Å². The Labute approximate surface area is 126 Å². The Balaban J connectivity index is 2.31. The van der Waals surface area contributed by atoms with Gasteiger partial charge in [0.05, 0.1) is 7.11 Å². The van der Waals surface area contributed by atoms with Gasteiger partial charge in [0.15, 0.2) is 11.6 Å². The van der Waals surface area contributed by atoms with Crippen LogP contribution in [0, 0.1) is 0 Å². The highest BCUT2D eigenvalue weighted by Gasteiger charge is 2.17. The standard InChI is InChI=1S/C16H22N4O/c1-4-17-15-14(21-3)16(19-12-18-15)20(5-2)11-13-9-7-6-8-10-13/h6-10,12H,4-5,11H2,1-3H3,(H,17,18,19). The minimum atomic E-state index is 0.692. The van der Waals surface area contributed by atoms with Gasteiger partial charge in [-0.15, -0.1) is 0 Å². The second-order valence-corrected chi connectivity index (χ2v) is 4.61. The maximum Gasteiger partial charge on any atom is 0.204 e. The van der Waals surface area contributed by atoms with Gasteiger partial charge in [-0.05, 0) is 19.4 Å². The molecule has 2 rings (SSSR count). The SMILES string of the molecule is CCNc1ncnc(N(CC)Cc2ccccc2)c1OC. The zero-order valence-electron chi connectivity index (χ0n) is 12.8. The van der Waals surface area contributed by atoms with Gasteiger partial charge in [-0.25, -0.2) is 9.97 Å². The third kappa shape index (κ3) is 3.62. The van der Waals surface area contributed by atoms with Gasteiger partial charge in [-0.1, -0.05) is 30.3 Å². The van der Waals surface area contributed by atoms with Crippen molar-refractivity contribution >= 4 is 11.6 Å². The number of hydrogen-bond acceptors (Lipinski definition) is 5. The van der Waals surface area contributed by atoms with Gasteiger partial charge in [-0.3, -0.25) is 0 Å². The number of hydrogen-bond donors (Lipinski definition) is 1. The topological polar surface area (TPSA) is 50.3 Å². The predicted molar refractivity (Wildman–Crippen MR) is 85.9 cm³/mol. The lowest BCUT2D eigenvalue weighted by Gasteiger charge is -2.24. The average molecular weight is 286 g/mol. The van der Waals surface area contributed by atoms with Gasteiger partial charge in [0.2, 0.25) is 5.75 Å². The van der Waals surface area contributed by atoms with E-state index in [1.54, 1.807) is 13.4 Å². The number of methoxy groups -OCH3 is 1. The molecule has 1 heterocycles. The van der Waals surface area contributed by atoms with Crippen LogP contribution in [0.1, 0.15) is 19.4 Å². The molecule has 0 aliphatic rings. The second-order valence-electron chi connectivity index (χ2n) is 4.61. The van der Waals surface area contributed by atoms with E-state index in [1.807, 2.05) is 25.1 Å². The Bertz CT molecular complexity index is 559. The maximum atomic E-state index is 5.52. The lowest BCUT2D eigenvalue weighted by molar-refractivity contribution is 0.412. The molecule has 2 aromatic rings. The molecule has 0 unspecified atom stereocenters. The molecule has 21 heavy (non-hydrogen) atoms. The maximum absolute atomic E-state index is 5.52. The van der Waals surface area contributed by atoms with Crippen LogP contribution in [0.5, 0.6) is 5.75 Å². The van der Waals surface area contributed by atoms with Crippen molar-refractivity contribution in [2.75, 3.05) is 30.4 Å². The van der Waals surface area contributed by atoms with Gasteiger partial charge >= 0.3 is 0 Å². The van der Waals surface area contributed by atoms with Crippen LogP contribution < -0.4 is 15.0 Å². The molecule has 0 bridgehead atoms. The highest BCUT2D eigenvalue weighted by atomic mass is 16.5. The Hall–Kier alpha value is -2.30. The molecule has 0 atom stereocenters. The van der Waals surface area contributed by atoms with Crippen molar-refractivity contribution in [3.05, 3.63) is 42.2 Å². The molecule has 0 aliphatic heterocycles. The highest BCUT2D eigenvalue weighted by molar-refractivity contribution is 5.64. The van der Waals surface area contributed by atoms with Crippen LogP contribution in [-0.2, 0) is 6.54 Å². The number of anilines is 2. The lowest BCUT2D eigenvalue weighted by Crippen LogP contribution is -2.24. The molecule has 0 radical (unpaired) electrons. The number of nitrogens with zero attached hydrogens (tertiary/aromatic N) is 3. The molecule has 112 valence electrons. The number of aromatic nitrogens is 2. The van der Waals surface area contributed by atoms with Gasteiger partial charge in [0.1, 0.15) is 6.33 Å². The van der Waals surface area contributed by atoms with Crippen molar-refractivity contribution < 1.29 is 4.74 Å². The summed E-state index contributed by atoms with van der Waals surface area (Å²) in [6, 6.07) is 10.3. The van der Waals surface area contributed by atoms with Crippen molar-refractivity contribution in [3.8, 4) is 5.75 Å². The normalized spacial score (nSPS) is 10.2. The monoisotopic (exact) mass is 286 g/mol. The third-order valence-electron chi connectivity index (χ3n) is 3.23.